The number of rotatable bonds is 4. The lowest BCUT2D eigenvalue weighted by molar-refractivity contribution is 0.0661. The number of H-pyrrole nitrogens is 1. The second-order valence-electron chi connectivity index (χ2n) is 3.56. The van der Waals surface area contributed by atoms with Crippen LogP contribution in [0.1, 0.15) is 21.8 Å². The molecule has 2 N–H and O–H groups in total. The molecule has 94 valence electrons. The van der Waals surface area contributed by atoms with Gasteiger partial charge in [-0.15, -0.1) is 0 Å². The fourth-order valence-electron chi connectivity index (χ4n) is 1.40. The molecule has 6 nitrogen and oxygen atoms in total. The van der Waals surface area contributed by atoms with Crippen molar-refractivity contribution < 1.29 is 14.3 Å². The van der Waals surface area contributed by atoms with Gasteiger partial charge in [-0.2, -0.15) is 0 Å². The van der Waals surface area contributed by atoms with Crippen LogP contribution in [0.3, 0.4) is 0 Å². The van der Waals surface area contributed by atoms with Crippen molar-refractivity contribution >= 4 is 17.7 Å². The molecule has 0 atom stereocenters. The van der Waals surface area contributed by atoms with Gasteiger partial charge in [-0.25, -0.2) is 9.78 Å². The zero-order chi connectivity index (χ0) is 13.1. The summed E-state index contributed by atoms with van der Waals surface area (Å²) in [6, 6.07) is 2.98. The molecule has 0 saturated heterocycles. The molecule has 2 aromatic heterocycles. The van der Waals surface area contributed by atoms with Crippen LogP contribution in [0.4, 0.5) is 0 Å². The van der Waals surface area contributed by atoms with Crippen LogP contribution in [0.2, 0.25) is 0 Å². The van der Waals surface area contributed by atoms with Crippen molar-refractivity contribution in [1.82, 2.24) is 9.97 Å². The highest BCUT2D eigenvalue weighted by atomic mass is 32.2. The first-order valence-electron chi connectivity index (χ1n) is 5.06. The smallest absolute Gasteiger partial charge is 0.372 e. The highest BCUT2D eigenvalue weighted by molar-refractivity contribution is 7.98. The molecule has 0 unspecified atom stereocenters. The van der Waals surface area contributed by atoms with E-state index in [-0.39, 0.29) is 11.3 Å². The van der Waals surface area contributed by atoms with Gasteiger partial charge in [0.15, 0.2) is 5.16 Å². The van der Waals surface area contributed by atoms with E-state index in [1.165, 1.54) is 24.1 Å². The lowest BCUT2D eigenvalue weighted by Gasteiger charge is -2.00. The molecule has 0 aromatic carbocycles. The van der Waals surface area contributed by atoms with Gasteiger partial charge in [0.25, 0.3) is 5.56 Å². The van der Waals surface area contributed by atoms with Gasteiger partial charge in [-0.05, 0) is 13.0 Å². The molecule has 2 aromatic rings. The van der Waals surface area contributed by atoms with Gasteiger partial charge < -0.3 is 14.5 Å². The predicted octanol–water partition coefficient (Wildman–Crippen LogP) is 1.66. The molecule has 0 aliphatic rings. The van der Waals surface area contributed by atoms with Gasteiger partial charge in [0, 0.05) is 23.1 Å². The largest absolute Gasteiger partial charge is 0.475 e. The van der Waals surface area contributed by atoms with E-state index in [0.717, 1.165) is 0 Å². The van der Waals surface area contributed by atoms with Gasteiger partial charge >= 0.3 is 5.97 Å². The van der Waals surface area contributed by atoms with Crippen molar-refractivity contribution in [3.05, 3.63) is 45.8 Å². The number of carboxylic acid groups (broad SMARTS) is 1. The van der Waals surface area contributed by atoms with Crippen LogP contribution < -0.4 is 5.56 Å². The van der Waals surface area contributed by atoms with Crippen LogP contribution in [0.25, 0.3) is 0 Å². The average molecular weight is 266 g/mol. The summed E-state index contributed by atoms with van der Waals surface area (Å²) in [7, 11) is 0. The minimum absolute atomic E-state index is 0.0856. The maximum Gasteiger partial charge on any atom is 0.372 e. The number of aromatic nitrogens is 2. The summed E-state index contributed by atoms with van der Waals surface area (Å²) in [5.74, 6) is -0.830. The van der Waals surface area contributed by atoms with Gasteiger partial charge in [0.2, 0.25) is 5.76 Å². The Balaban J connectivity index is 2.14. The summed E-state index contributed by atoms with van der Waals surface area (Å²) in [6.07, 6.45) is 1.33. The Kier molecular flexibility index (Phi) is 3.52. The third kappa shape index (κ3) is 2.80. The third-order valence-electron chi connectivity index (χ3n) is 2.15. The van der Waals surface area contributed by atoms with Crippen molar-refractivity contribution in [1.29, 1.82) is 0 Å². The van der Waals surface area contributed by atoms with Crippen molar-refractivity contribution in [2.75, 3.05) is 0 Å². The van der Waals surface area contributed by atoms with Crippen LogP contribution in [0, 0.1) is 6.92 Å². The molecular weight excluding hydrogens is 256 g/mol. The summed E-state index contributed by atoms with van der Waals surface area (Å²) < 4.78 is 4.86. The molecular formula is C11H10N2O4S. The van der Waals surface area contributed by atoms with Crippen LogP contribution in [-0.4, -0.2) is 21.0 Å². The zero-order valence-corrected chi connectivity index (χ0v) is 10.3. The summed E-state index contributed by atoms with van der Waals surface area (Å²) in [5, 5.41) is 9.32. The van der Waals surface area contributed by atoms with E-state index in [1.54, 1.807) is 13.0 Å². The molecule has 7 heteroatoms. The number of nitrogens with zero attached hydrogens (tertiary/aromatic N) is 1. The SMILES string of the molecule is Cc1cc(=O)[nH]c(SCc2ccoc2C(=O)O)n1. The Morgan fingerprint density at radius 2 is 2.39 bits per heavy atom. The minimum atomic E-state index is -1.11. The number of aryl methyl sites for hydroxylation is 1. The Morgan fingerprint density at radius 3 is 3.06 bits per heavy atom. The molecule has 0 spiro atoms. The monoisotopic (exact) mass is 266 g/mol. The van der Waals surface area contributed by atoms with Crippen LogP contribution >= 0.6 is 11.8 Å². The number of carbonyl (C=O) groups is 1. The predicted molar refractivity (Wildman–Crippen MR) is 64.8 cm³/mol. The van der Waals surface area contributed by atoms with E-state index in [4.69, 9.17) is 9.52 Å². The lowest BCUT2D eigenvalue weighted by atomic mass is 10.3. The Morgan fingerprint density at radius 1 is 1.61 bits per heavy atom. The number of aromatic carboxylic acids is 1. The molecule has 2 heterocycles. The first kappa shape index (κ1) is 12.4. The second kappa shape index (κ2) is 5.09. The van der Waals surface area contributed by atoms with E-state index < -0.39 is 5.97 Å². The number of carboxylic acids is 1. The highest BCUT2D eigenvalue weighted by Gasteiger charge is 2.14. The quantitative estimate of drug-likeness (QED) is 0.645. The van der Waals surface area contributed by atoms with Crippen molar-refractivity contribution in [2.45, 2.75) is 17.8 Å². The summed E-state index contributed by atoms with van der Waals surface area (Å²) in [4.78, 5) is 28.8. The van der Waals surface area contributed by atoms with Crippen molar-refractivity contribution in [3.63, 3.8) is 0 Å². The fourth-order valence-corrected chi connectivity index (χ4v) is 2.30. The standard InChI is InChI=1S/C11H10N2O4S/c1-6-4-8(14)13-11(12-6)18-5-7-2-3-17-9(7)10(15)16/h2-4H,5H2,1H3,(H,15,16)(H,12,13,14). The van der Waals surface area contributed by atoms with Crippen molar-refractivity contribution in [2.24, 2.45) is 0 Å². The summed E-state index contributed by atoms with van der Waals surface area (Å²) in [6.45, 7) is 1.72. The molecule has 0 bridgehead atoms. The van der Waals surface area contributed by atoms with Gasteiger partial charge in [-0.3, -0.25) is 4.79 Å². The Labute approximate surface area is 106 Å². The normalized spacial score (nSPS) is 10.5. The zero-order valence-electron chi connectivity index (χ0n) is 9.47. The van der Waals surface area contributed by atoms with Crippen LogP contribution in [0.5, 0.6) is 0 Å². The lowest BCUT2D eigenvalue weighted by Crippen LogP contribution is -2.08. The number of hydrogen-bond donors (Lipinski definition) is 2. The molecule has 0 amide bonds. The van der Waals surface area contributed by atoms with Gasteiger partial charge in [0.1, 0.15) is 0 Å². The highest BCUT2D eigenvalue weighted by Crippen LogP contribution is 2.21. The number of aromatic amines is 1. The first-order chi connectivity index (χ1) is 8.56. The fraction of sp³-hybridized carbons (Fsp3) is 0.182. The molecule has 0 aliphatic carbocycles. The average Bonchev–Trinajstić information content (AvgIpc) is 2.73. The van der Waals surface area contributed by atoms with E-state index in [0.29, 0.717) is 22.2 Å². The number of furan rings is 1. The van der Waals surface area contributed by atoms with Crippen molar-refractivity contribution in [3.8, 4) is 0 Å². The molecule has 0 aliphatic heterocycles. The van der Waals surface area contributed by atoms with Gasteiger partial charge in [0.05, 0.1) is 6.26 Å². The van der Waals surface area contributed by atoms with E-state index in [1.807, 2.05) is 0 Å². The molecule has 0 saturated carbocycles. The molecule has 0 fully saturated rings. The van der Waals surface area contributed by atoms with E-state index in [9.17, 15) is 9.59 Å². The van der Waals surface area contributed by atoms with Crippen LogP contribution in [0.15, 0.2) is 32.8 Å². The Hall–Kier alpha value is -2.02. The van der Waals surface area contributed by atoms with E-state index >= 15 is 0 Å². The molecule has 2 rings (SSSR count). The number of thioether (sulfide) groups is 1. The third-order valence-corrected chi connectivity index (χ3v) is 3.08. The van der Waals surface area contributed by atoms with E-state index in [2.05, 4.69) is 9.97 Å². The maximum atomic E-state index is 11.2. The topological polar surface area (TPSA) is 96.2 Å². The van der Waals surface area contributed by atoms with Crippen LogP contribution in [-0.2, 0) is 5.75 Å². The minimum Gasteiger partial charge on any atom is -0.475 e. The Bertz CT molecular complexity index is 632. The molecule has 18 heavy (non-hydrogen) atoms. The maximum absolute atomic E-state index is 11.2. The summed E-state index contributed by atoms with van der Waals surface area (Å²) >= 11 is 1.25. The second-order valence-corrected chi connectivity index (χ2v) is 4.52. The molecule has 0 radical (unpaired) electrons. The number of nitrogens with one attached hydrogen (secondary N) is 1. The van der Waals surface area contributed by atoms with Gasteiger partial charge in [-0.1, -0.05) is 11.8 Å². The summed E-state index contributed by atoms with van der Waals surface area (Å²) in [5.41, 5.74) is 0.944. The number of hydrogen-bond acceptors (Lipinski definition) is 5. The first-order valence-corrected chi connectivity index (χ1v) is 6.05.